The minimum absolute atomic E-state index is 0.0113. The fourth-order valence-electron chi connectivity index (χ4n) is 12.8. The number of Topliss-reactive ketones (excluding diaryl/α,β-unsaturated/α-hetero) is 1. The minimum atomic E-state index is -1.69. The van der Waals surface area contributed by atoms with Crippen LogP contribution in [-0.2, 0) is 23.9 Å². The summed E-state index contributed by atoms with van der Waals surface area (Å²) in [6, 6.07) is 0. The second-order valence-electron chi connectivity index (χ2n) is 17.6. The predicted molar refractivity (Wildman–Crippen MR) is 169 cm³/mol. The maximum atomic E-state index is 14.1. The first-order valence-electron chi connectivity index (χ1n) is 17.7. The van der Waals surface area contributed by atoms with E-state index in [0.29, 0.717) is 24.2 Å². The number of aliphatic hydroxyl groups excluding tert-OH is 3. The molecule has 4 N–H and O–H groups in total. The van der Waals surface area contributed by atoms with E-state index >= 15 is 0 Å². The molecule has 0 radical (unpaired) electrons. The standard InChI is InChI=1S/C37H56O9/c1-19-10-15-37(32(43)44)17-16-35(6)21(25(37)20(19)2)8-9-24-34(5)13-11-22(33(3,4)23(34)12-14-36(24,35)7)26(39)30-28(41)27(40)29(42)31(46-30)45-18-38/h8,18-20,22-25,27-31,40-42H,9-17H2,1-7H3,(H,43,44)/t19-,20+,22+,23?,24?,25?,27-,28?,29+,30+,31?,34+,35-,36-,37+/m1/s1. The van der Waals surface area contributed by atoms with E-state index in [0.717, 1.165) is 51.4 Å². The van der Waals surface area contributed by atoms with E-state index in [2.05, 4.69) is 54.5 Å². The first-order valence-corrected chi connectivity index (χ1v) is 17.7. The third-order valence-corrected chi connectivity index (χ3v) is 15.8. The summed E-state index contributed by atoms with van der Waals surface area (Å²) in [6.07, 6.45) is 2.14. The number of allylic oxidation sites excluding steroid dienone is 2. The van der Waals surface area contributed by atoms with Crippen molar-refractivity contribution in [3.63, 3.8) is 0 Å². The van der Waals surface area contributed by atoms with Crippen molar-refractivity contribution in [1.82, 2.24) is 0 Å². The first kappa shape index (κ1) is 34.1. The van der Waals surface area contributed by atoms with Crippen molar-refractivity contribution in [3.8, 4) is 0 Å². The number of carbonyl (C=O) groups excluding carboxylic acids is 2. The normalized spacial score (nSPS) is 52.9. The molecule has 9 nitrogen and oxygen atoms in total. The van der Waals surface area contributed by atoms with Crippen LogP contribution in [-0.4, -0.2) is 69.4 Å². The maximum Gasteiger partial charge on any atom is 0.310 e. The SMILES string of the molecule is C[C@@H]1CC[C@]2(C(=O)O)CC[C@]3(C)C(=CCC4[C@@]5(C)CC[C@@H](C(=O)[C@@H]6OC(OC=O)[C@@H](O)[C@H](O)C6O)C(C)(C)C5CC[C@]43C)C2[C@H]1C. The zero-order valence-corrected chi connectivity index (χ0v) is 28.7. The number of fused-ring (bicyclic) bond motifs is 7. The summed E-state index contributed by atoms with van der Waals surface area (Å²) in [5.74, 6) is 0.0567. The number of carboxylic acids is 1. The molecule has 258 valence electrons. The van der Waals surface area contributed by atoms with Crippen LogP contribution < -0.4 is 0 Å². The molecular weight excluding hydrogens is 588 g/mol. The molecule has 0 aromatic carbocycles. The van der Waals surface area contributed by atoms with Gasteiger partial charge in [-0.3, -0.25) is 14.4 Å². The van der Waals surface area contributed by atoms with Gasteiger partial charge in [-0.25, -0.2) is 0 Å². The molecule has 5 aliphatic carbocycles. The highest BCUT2D eigenvalue weighted by molar-refractivity contribution is 5.87. The summed E-state index contributed by atoms with van der Waals surface area (Å²) in [7, 11) is 0. The minimum Gasteiger partial charge on any atom is -0.481 e. The Kier molecular flexibility index (Phi) is 8.23. The summed E-state index contributed by atoms with van der Waals surface area (Å²) < 4.78 is 10.4. The Morgan fingerprint density at radius 3 is 2.24 bits per heavy atom. The second kappa shape index (κ2) is 11.1. The summed E-state index contributed by atoms with van der Waals surface area (Å²) in [5, 5.41) is 42.2. The molecule has 0 aromatic heterocycles. The zero-order valence-electron chi connectivity index (χ0n) is 28.7. The van der Waals surface area contributed by atoms with Gasteiger partial charge in [0, 0.05) is 5.92 Å². The number of aliphatic carboxylic acids is 1. The number of ether oxygens (including phenoxy) is 2. The van der Waals surface area contributed by atoms with Crippen LogP contribution in [0.2, 0.25) is 0 Å². The number of aliphatic hydroxyl groups is 3. The van der Waals surface area contributed by atoms with E-state index in [1.807, 2.05) is 0 Å². The molecule has 6 rings (SSSR count). The van der Waals surface area contributed by atoms with Crippen LogP contribution in [0.4, 0.5) is 0 Å². The Morgan fingerprint density at radius 1 is 0.891 bits per heavy atom. The second-order valence-corrected chi connectivity index (χ2v) is 17.6. The van der Waals surface area contributed by atoms with E-state index < -0.39 is 53.4 Å². The van der Waals surface area contributed by atoms with E-state index in [1.165, 1.54) is 5.57 Å². The molecule has 9 heteroatoms. The summed E-state index contributed by atoms with van der Waals surface area (Å²) in [4.78, 5) is 38.1. The lowest BCUT2D eigenvalue weighted by atomic mass is 9.33. The van der Waals surface area contributed by atoms with E-state index in [9.17, 15) is 34.8 Å². The van der Waals surface area contributed by atoms with Gasteiger partial charge in [-0.2, -0.15) is 0 Å². The molecule has 0 amide bonds. The number of carboxylic acid groups (broad SMARTS) is 1. The van der Waals surface area contributed by atoms with Crippen LogP contribution in [0.25, 0.3) is 0 Å². The number of rotatable bonds is 5. The molecule has 46 heavy (non-hydrogen) atoms. The topological polar surface area (TPSA) is 151 Å². The van der Waals surface area contributed by atoms with Crippen LogP contribution in [0.1, 0.15) is 106 Å². The largest absolute Gasteiger partial charge is 0.481 e. The van der Waals surface area contributed by atoms with Crippen molar-refractivity contribution < 1.29 is 44.3 Å². The fourth-order valence-corrected chi connectivity index (χ4v) is 12.8. The third kappa shape index (κ3) is 4.36. The van der Waals surface area contributed by atoms with Gasteiger partial charge in [0.25, 0.3) is 6.47 Å². The van der Waals surface area contributed by atoms with Gasteiger partial charge in [0.1, 0.15) is 24.4 Å². The lowest BCUT2D eigenvalue weighted by Crippen LogP contribution is -2.66. The van der Waals surface area contributed by atoms with Crippen molar-refractivity contribution in [2.45, 2.75) is 137 Å². The molecule has 4 saturated carbocycles. The van der Waals surface area contributed by atoms with Crippen LogP contribution in [0, 0.1) is 62.6 Å². The van der Waals surface area contributed by atoms with Crippen molar-refractivity contribution in [1.29, 1.82) is 0 Å². The third-order valence-electron chi connectivity index (χ3n) is 15.8. The molecular formula is C37H56O9. The first-order chi connectivity index (χ1) is 21.4. The van der Waals surface area contributed by atoms with E-state index in [4.69, 9.17) is 9.47 Å². The molecule has 1 saturated heterocycles. The average Bonchev–Trinajstić information content (AvgIpc) is 2.99. The monoisotopic (exact) mass is 644 g/mol. The number of carbonyl (C=O) groups is 3. The maximum absolute atomic E-state index is 14.1. The van der Waals surface area contributed by atoms with E-state index in [1.54, 1.807) is 0 Å². The quantitative estimate of drug-likeness (QED) is 0.242. The molecule has 5 fully saturated rings. The van der Waals surface area contributed by atoms with Crippen molar-refractivity contribution in [2.75, 3.05) is 0 Å². The van der Waals surface area contributed by atoms with Gasteiger partial charge in [0.05, 0.1) is 5.41 Å². The Balaban J connectivity index is 1.31. The smallest absolute Gasteiger partial charge is 0.310 e. The Bertz CT molecular complexity index is 1290. The molecule has 1 heterocycles. The van der Waals surface area contributed by atoms with Crippen molar-refractivity contribution >= 4 is 18.2 Å². The molecule has 1 aliphatic heterocycles. The van der Waals surface area contributed by atoms with E-state index in [-0.39, 0.29) is 40.3 Å². The van der Waals surface area contributed by atoms with Gasteiger partial charge in [0.15, 0.2) is 5.78 Å². The molecule has 0 spiro atoms. The van der Waals surface area contributed by atoms with Crippen LogP contribution >= 0.6 is 0 Å². The van der Waals surface area contributed by atoms with Gasteiger partial charge in [0.2, 0.25) is 6.29 Å². The van der Waals surface area contributed by atoms with Gasteiger partial charge in [-0.05, 0) is 109 Å². The number of hydrogen-bond donors (Lipinski definition) is 4. The fraction of sp³-hybridized carbons (Fsp3) is 0.865. The lowest BCUT2D eigenvalue weighted by molar-refractivity contribution is -0.280. The summed E-state index contributed by atoms with van der Waals surface area (Å²) in [5.41, 5.74) is 0.117. The Morgan fingerprint density at radius 2 is 1.59 bits per heavy atom. The highest BCUT2D eigenvalue weighted by Crippen LogP contribution is 2.76. The van der Waals surface area contributed by atoms with Crippen LogP contribution in [0.15, 0.2) is 11.6 Å². The Labute approximate surface area is 273 Å². The Hall–Kier alpha value is -1.81. The number of ketones is 1. The lowest BCUT2D eigenvalue weighted by Gasteiger charge is -2.71. The molecule has 15 atom stereocenters. The highest BCUT2D eigenvalue weighted by atomic mass is 16.7. The van der Waals surface area contributed by atoms with Crippen molar-refractivity contribution in [2.24, 2.45) is 62.6 Å². The van der Waals surface area contributed by atoms with Gasteiger partial charge < -0.3 is 29.9 Å². The van der Waals surface area contributed by atoms with Crippen LogP contribution in [0.3, 0.4) is 0 Å². The van der Waals surface area contributed by atoms with Gasteiger partial charge >= 0.3 is 5.97 Å². The zero-order chi connectivity index (χ0) is 33.8. The number of hydrogen-bond acceptors (Lipinski definition) is 8. The highest BCUT2D eigenvalue weighted by Gasteiger charge is 2.70. The summed E-state index contributed by atoms with van der Waals surface area (Å²) >= 11 is 0. The molecule has 6 aliphatic rings. The molecule has 0 aromatic rings. The average molecular weight is 645 g/mol. The predicted octanol–water partition coefficient (Wildman–Crippen LogP) is 4.89. The summed E-state index contributed by atoms with van der Waals surface area (Å²) in [6.45, 7) is 16.3. The van der Waals surface area contributed by atoms with Gasteiger partial charge in [-0.1, -0.05) is 60.1 Å². The van der Waals surface area contributed by atoms with Gasteiger partial charge in [-0.15, -0.1) is 0 Å². The van der Waals surface area contributed by atoms with Crippen LogP contribution in [0.5, 0.6) is 0 Å². The van der Waals surface area contributed by atoms with Crippen molar-refractivity contribution in [3.05, 3.63) is 11.6 Å². The molecule has 5 unspecified atom stereocenters. The molecule has 0 bridgehead atoms.